The molecule has 1 saturated heterocycles. The fourth-order valence-electron chi connectivity index (χ4n) is 3.44. The van der Waals surface area contributed by atoms with Crippen LogP contribution in [0.2, 0.25) is 5.02 Å². The summed E-state index contributed by atoms with van der Waals surface area (Å²) in [5.74, 6) is -0.0322. The van der Waals surface area contributed by atoms with E-state index in [1.54, 1.807) is 29.2 Å². The summed E-state index contributed by atoms with van der Waals surface area (Å²) in [6.07, 6.45) is 6.11. The normalized spacial score (nSPS) is 16.6. The quantitative estimate of drug-likeness (QED) is 0.562. The van der Waals surface area contributed by atoms with Gasteiger partial charge in [0.05, 0.1) is 25.2 Å². The molecule has 1 N–H and O–H groups in total. The highest BCUT2D eigenvalue weighted by molar-refractivity contribution is 6.31. The van der Waals surface area contributed by atoms with Crippen LogP contribution in [-0.2, 0) is 4.79 Å². The lowest BCUT2D eigenvalue weighted by atomic mass is 9.97. The molecule has 1 aliphatic rings. The van der Waals surface area contributed by atoms with Gasteiger partial charge in [0.25, 0.3) is 11.8 Å². The molecular formula is C22H22ClN3O4. The van der Waals surface area contributed by atoms with Crippen molar-refractivity contribution in [3.63, 3.8) is 0 Å². The van der Waals surface area contributed by atoms with Crippen molar-refractivity contribution in [2.75, 3.05) is 26.7 Å². The van der Waals surface area contributed by atoms with Gasteiger partial charge in [0, 0.05) is 30.2 Å². The van der Waals surface area contributed by atoms with Gasteiger partial charge in [-0.3, -0.25) is 9.59 Å². The Labute approximate surface area is 179 Å². The molecule has 0 saturated carbocycles. The van der Waals surface area contributed by atoms with E-state index < -0.39 is 5.91 Å². The van der Waals surface area contributed by atoms with Crippen molar-refractivity contribution < 1.29 is 18.7 Å². The summed E-state index contributed by atoms with van der Waals surface area (Å²) >= 11 is 6.05. The van der Waals surface area contributed by atoms with E-state index in [2.05, 4.69) is 5.32 Å². The molecule has 1 aromatic heterocycles. The predicted molar refractivity (Wildman–Crippen MR) is 112 cm³/mol. The molecule has 2 heterocycles. The van der Waals surface area contributed by atoms with Gasteiger partial charge in [-0.1, -0.05) is 11.6 Å². The Morgan fingerprint density at radius 1 is 1.43 bits per heavy atom. The number of hydrogen-bond acceptors (Lipinski definition) is 5. The molecule has 1 fully saturated rings. The number of nitriles is 1. The van der Waals surface area contributed by atoms with Crippen molar-refractivity contribution in [1.29, 1.82) is 5.26 Å². The minimum atomic E-state index is -0.446. The highest BCUT2D eigenvalue weighted by atomic mass is 35.5. The lowest BCUT2D eigenvalue weighted by Gasteiger charge is -2.33. The monoisotopic (exact) mass is 427 g/mol. The van der Waals surface area contributed by atoms with E-state index >= 15 is 0 Å². The largest absolute Gasteiger partial charge is 0.496 e. The molecule has 30 heavy (non-hydrogen) atoms. The van der Waals surface area contributed by atoms with Gasteiger partial charge in [-0.15, -0.1) is 0 Å². The van der Waals surface area contributed by atoms with Crippen LogP contribution in [0.25, 0.3) is 6.08 Å². The average molecular weight is 428 g/mol. The molecule has 1 aliphatic heterocycles. The number of carbonyl (C=O) groups is 2. The van der Waals surface area contributed by atoms with Crippen LogP contribution >= 0.6 is 11.6 Å². The van der Waals surface area contributed by atoms with Gasteiger partial charge < -0.3 is 19.4 Å². The molecule has 0 aliphatic carbocycles. The number of likely N-dealkylation sites (tertiary alicyclic amines) is 1. The van der Waals surface area contributed by atoms with Crippen molar-refractivity contribution in [1.82, 2.24) is 10.2 Å². The average Bonchev–Trinajstić information content (AvgIpc) is 3.28. The summed E-state index contributed by atoms with van der Waals surface area (Å²) in [7, 11) is 1.51. The molecule has 7 nitrogen and oxygen atoms in total. The Bertz CT molecular complexity index is 979. The summed E-state index contributed by atoms with van der Waals surface area (Å²) in [5.41, 5.74) is 1.07. The first-order valence-corrected chi connectivity index (χ1v) is 9.94. The third-order valence-electron chi connectivity index (χ3n) is 4.97. The van der Waals surface area contributed by atoms with Crippen LogP contribution in [0, 0.1) is 17.2 Å². The van der Waals surface area contributed by atoms with Crippen LogP contribution in [0.3, 0.4) is 0 Å². The minimum absolute atomic E-state index is 0.00352. The molecule has 156 valence electrons. The van der Waals surface area contributed by atoms with Crippen LogP contribution in [0.5, 0.6) is 5.75 Å². The van der Waals surface area contributed by atoms with Gasteiger partial charge in [0.15, 0.2) is 0 Å². The van der Waals surface area contributed by atoms with Crippen molar-refractivity contribution >= 4 is 29.5 Å². The first-order valence-electron chi connectivity index (χ1n) is 9.57. The van der Waals surface area contributed by atoms with Gasteiger partial charge in [-0.25, -0.2) is 0 Å². The molecule has 2 aromatic rings. The molecule has 1 aromatic carbocycles. The molecule has 8 heteroatoms. The van der Waals surface area contributed by atoms with Crippen LogP contribution in [-0.4, -0.2) is 43.5 Å². The van der Waals surface area contributed by atoms with Crippen molar-refractivity contribution in [3.05, 3.63) is 58.5 Å². The fourth-order valence-corrected chi connectivity index (χ4v) is 3.61. The topological polar surface area (TPSA) is 95.6 Å². The van der Waals surface area contributed by atoms with E-state index in [9.17, 15) is 14.9 Å². The van der Waals surface area contributed by atoms with Crippen LogP contribution in [0.15, 0.2) is 46.8 Å². The summed E-state index contributed by atoms with van der Waals surface area (Å²) < 4.78 is 10.2. The molecular weight excluding hydrogens is 406 g/mol. The standard InChI is InChI=1S/C22H22ClN3O4/c1-29-20-5-4-18(23)10-19(20)22(28)26-7-2-3-16(13-26)12-25-21(27)17(11-24)9-15-6-8-30-14-15/h4-6,8-10,14,16H,2-3,7,12-13H2,1H3,(H,25,27)/b17-9+. The Kier molecular flexibility index (Phi) is 7.15. The van der Waals surface area contributed by atoms with E-state index in [4.69, 9.17) is 20.8 Å². The maximum Gasteiger partial charge on any atom is 0.261 e. The second-order valence-corrected chi connectivity index (χ2v) is 7.48. The predicted octanol–water partition coefficient (Wildman–Crippen LogP) is 3.52. The number of methoxy groups -OCH3 is 1. The zero-order chi connectivity index (χ0) is 21.5. The number of halogens is 1. The van der Waals surface area contributed by atoms with E-state index in [1.807, 2.05) is 6.07 Å². The van der Waals surface area contributed by atoms with E-state index in [0.717, 1.165) is 12.8 Å². The second kappa shape index (κ2) is 9.99. The van der Waals surface area contributed by atoms with Crippen LogP contribution < -0.4 is 10.1 Å². The number of hydrogen-bond donors (Lipinski definition) is 1. The van der Waals surface area contributed by atoms with Crippen molar-refractivity contribution in [3.8, 4) is 11.8 Å². The molecule has 2 amide bonds. The molecule has 1 atom stereocenters. The zero-order valence-corrected chi connectivity index (χ0v) is 17.3. The number of ether oxygens (including phenoxy) is 1. The number of rotatable bonds is 6. The van der Waals surface area contributed by atoms with Crippen LogP contribution in [0.1, 0.15) is 28.8 Å². The maximum atomic E-state index is 13.0. The molecule has 1 unspecified atom stereocenters. The summed E-state index contributed by atoms with van der Waals surface area (Å²) in [6.45, 7) is 1.50. The minimum Gasteiger partial charge on any atom is -0.496 e. The van der Waals surface area contributed by atoms with Crippen molar-refractivity contribution in [2.45, 2.75) is 12.8 Å². The zero-order valence-electron chi connectivity index (χ0n) is 16.6. The summed E-state index contributed by atoms with van der Waals surface area (Å²) in [5, 5.41) is 12.5. The maximum absolute atomic E-state index is 13.0. The van der Waals surface area contributed by atoms with E-state index in [-0.39, 0.29) is 17.4 Å². The van der Waals surface area contributed by atoms with Gasteiger partial charge >= 0.3 is 0 Å². The Hall–Kier alpha value is -3.24. The molecule has 3 rings (SSSR count). The second-order valence-electron chi connectivity index (χ2n) is 7.04. The Balaban J connectivity index is 1.61. The number of nitrogens with zero attached hydrogens (tertiary/aromatic N) is 2. The number of carbonyl (C=O) groups excluding carboxylic acids is 2. The fraction of sp³-hybridized carbons (Fsp3) is 0.318. The smallest absolute Gasteiger partial charge is 0.261 e. The number of piperidine rings is 1. The summed E-state index contributed by atoms with van der Waals surface area (Å²) in [6, 6.07) is 8.53. The van der Waals surface area contributed by atoms with Gasteiger partial charge in [0.1, 0.15) is 17.4 Å². The number of nitrogens with one attached hydrogen (secondary N) is 1. The summed E-state index contributed by atoms with van der Waals surface area (Å²) in [4.78, 5) is 27.1. The highest BCUT2D eigenvalue weighted by Crippen LogP contribution is 2.26. The first kappa shape index (κ1) is 21.5. The van der Waals surface area contributed by atoms with Gasteiger partial charge in [-0.2, -0.15) is 5.26 Å². The SMILES string of the molecule is COc1ccc(Cl)cc1C(=O)N1CCCC(CNC(=O)/C(C#N)=C/c2ccoc2)C1. The van der Waals surface area contributed by atoms with Crippen LogP contribution in [0.4, 0.5) is 0 Å². The van der Waals surface area contributed by atoms with Gasteiger partial charge in [0.2, 0.25) is 0 Å². The van der Waals surface area contributed by atoms with Gasteiger partial charge in [-0.05, 0) is 49.1 Å². The molecule has 0 radical (unpaired) electrons. The Morgan fingerprint density at radius 3 is 2.97 bits per heavy atom. The van der Waals surface area contributed by atoms with E-state index in [1.165, 1.54) is 25.7 Å². The lowest BCUT2D eigenvalue weighted by molar-refractivity contribution is -0.117. The highest BCUT2D eigenvalue weighted by Gasteiger charge is 2.27. The number of amides is 2. The Morgan fingerprint density at radius 2 is 2.27 bits per heavy atom. The van der Waals surface area contributed by atoms with E-state index in [0.29, 0.717) is 41.5 Å². The lowest BCUT2D eigenvalue weighted by Crippen LogP contribution is -2.44. The third kappa shape index (κ3) is 5.22. The number of furan rings is 1. The number of benzene rings is 1. The first-order chi connectivity index (χ1) is 14.5. The third-order valence-corrected chi connectivity index (χ3v) is 5.20. The van der Waals surface area contributed by atoms with Crippen molar-refractivity contribution in [2.24, 2.45) is 5.92 Å². The molecule has 0 spiro atoms. The molecule has 0 bridgehead atoms.